The summed E-state index contributed by atoms with van der Waals surface area (Å²) in [5, 5.41) is 0. The molecule has 0 aromatic heterocycles. The number of alkyl halides is 21. The predicted molar refractivity (Wildman–Crippen MR) is 434 cm³/mol. The Bertz CT molecular complexity index is 3790. The van der Waals surface area contributed by atoms with Crippen LogP contribution < -0.4 is 14.2 Å². The van der Waals surface area contributed by atoms with Crippen molar-refractivity contribution in [3.05, 3.63) is 88.0 Å². The lowest BCUT2D eigenvalue weighted by atomic mass is 9.55. The van der Waals surface area contributed by atoms with E-state index >= 15 is 0 Å². The number of rotatable bonds is 37. The number of nitrogens with zero attached hydrogens (tertiary/aromatic N) is 3. The van der Waals surface area contributed by atoms with Gasteiger partial charge in [-0.15, -0.1) is 0 Å². The van der Waals surface area contributed by atoms with Gasteiger partial charge in [0.15, 0.2) is 0 Å². The first-order valence-corrected chi connectivity index (χ1v) is 44.5. The fourth-order valence-electron chi connectivity index (χ4n) is 23.0. The van der Waals surface area contributed by atoms with Crippen LogP contribution in [0.2, 0.25) is 0 Å². The van der Waals surface area contributed by atoms with E-state index in [4.69, 9.17) is 42.0 Å². The lowest BCUT2D eigenvalue weighted by Crippen LogP contribution is -2.67. The zero-order valence-electron chi connectivity index (χ0n) is 76.9. The summed E-state index contributed by atoms with van der Waals surface area (Å²) < 4.78 is 354. The van der Waals surface area contributed by atoms with Crippen molar-refractivity contribution in [1.82, 2.24) is 14.7 Å². The van der Waals surface area contributed by atoms with Gasteiger partial charge in [-0.1, -0.05) is 39.0 Å². The molecule has 0 aliphatic heterocycles. The van der Waals surface area contributed by atoms with E-state index in [1.54, 1.807) is 30.9 Å². The number of fused-ring (bicyclic) bond motifs is 15. The summed E-state index contributed by atoms with van der Waals surface area (Å²) in [6.45, 7) is 8.62. The molecule has 35 heteroatoms. The van der Waals surface area contributed by atoms with Crippen molar-refractivity contribution in [2.45, 2.75) is 272 Å². The van der Waals surface area contributed by atoms with Crippen LogP contribution in [0.15, 0.2) is 54.6 Å². The van der Waals surface area contributed by atoms with Gasteiger partial charge >= 0.3 is 48.8 Å². The second-order valence-corrected chi connectivity index (χ2v) is 37.5. The van der Waals surface area contributed by atoms with Gasteiger partial charge in [-0.2, -0.15) is 92.2 Å². The zero-order chi connectivity index (χ0) is 95.5. The van der Waals surface area contributed by atoms with Gasteiger partial charge in [0.25, 0.3) is 11.2 Å². The van der Waals surface area contributed by atoms with E-state index < -0.39 is 86.3 Å². The van der Waals surface area contributed by atoms with E-state index in [-0.39, 0.29) is 89.2 Å². The van der Waals surface area contributed by atoms with Crippen LogP contribution in [0.3, 0.4) is 0 Å². The molecule has 3 aromatic rings. The number of hydrogen-bond acceptors (Lipinski definition) is 14. The zero-order valence-corrected chi connectivity index (χ0v) is 73.9. The first kappa shape index (κ1) is 99.6. The summed E-state index contributed by atoms with van der Waals surface area (Å²) in [6, 6.07) is 19.2. The molecular weight excluding hydrogens is 1720 g/mol. The van der Waals surface area contributed by atoms with Gasteiger partial charge in [0.05, 0.1) is 62.6 Å². The first-order chi connectivity index (χ1) is 60.9. The van der Waals surface area contributed by atoms with E-state index in [2.05, 4.69) is 83.5 Å². The average molecular weight is 1860 g/mol. The standard InChI is InChI=1S/2C31H45F6NO4.C30H40F9NO3/c2*1-28-13-12-24-23-9-7-22(40-17-5-16-39-4)20-21(23)6-8-25(24)26(28)10-11-27(28)41-18-14-38(3)15-19-42-29(2,30(32,33)34)31(35,36)37;1-26-13-12-22-21-9-7-20(42-16-5-15-41-3)18-19(21)6-8-23(22)24(26)10-11-25(26)40(2)14-4-17-43-27(28(31,32)33,29(34,35)36)30(37,38)39/h2*7,9,20,24-27H,5-6,8,10-19H2,1-4H3;7,9,18,22-25H,4-6,8,10-17H2,1-3H3/t2*24?,25?,26?,27-,28-;22?,23?,24?,25-,26-/m000/s1/i2*4D;3D. The van der Waals surface area contributed by atoms with Crippen molar-refractivity contribution in [3.8, 4) is 17.2 Å². The van der Waals surface area contributed by atoms with Gasteiger partial charge in [-0.25, -0.2) is 0 Å². The number of methoxy groups -OCH3 is 3. The van der Waals surface area contributed by atoms with Crippen LogP contribution in [0.1, 0.15) is 212 Å². The van der Waals surface area contributed by atoms with Crippen LogP contribution >= 0.6 is 0 Å². The summed E-state index contributed by atoms with van der Waals surface area (Å²) >= 11 is 0. The third-order valence-corrected chi connectivity index (χ3v) is 30.2. The van der Waals surface area contributed by atoms with Crippen molar-refractivity contribution < 1.29 is 148 Å². The van der Waals surface area contributed by atoms with E-state index in [9.17, 15) is 92.2 Å². The fraction of sp³-hybridized carbons (Fsp3) is 0.804. The molecule has 0 bridgehead atoms. The van der Waals surface area contributed by atoms with E-state index in [1.807, 2.05) is 11.0 Å². The average Bonchev–Trinajstić information content (AvgIpc) is 1.17. The largest absolute Gasteiger partial charge is 0.493 e. The highest BCUT2D eigenvalue weighted by molar-refractivity contribution is 5.44. The Morgan fingerprint density at radius 2 is 0.669 bits per heavy atom. The molecule has 14 nitrogen and oxygen atoms in total. The maximum absolute atomic E-state index is 13.2. The molecule has 0 radical (unpaired) electrons. The number of halogens is 21. The molecule has 12 rings (SSSR count). The topological polar surface area (TPSA) is 111 Å². The quantitative estimate of drug-likeness (QED) is 0.0403. The molecule has 0 amide bonds. The van der Waals surface area contributed by atoms with Crippen molar-refractivity contribution in [1.29, 1.82) is 0 Å². The second-order valence-electron chi connectivity index (χ2n) is 37.5. The molecule has 3 aromatic carbocycles. The molecule has 0 spiro atoms. The van der Waals surface area contributed by atoms with Crippen molar-refractivity contribution in [2.24, 2.45) is 51.8 Å². The molecule has 9 aliphatic carbocycles. The molecule has 6 saturated carbocycles. The number of likely N-dealkylation sites (N-methyl/N-ethyl adjacent to an activating group) is 2. The van der Waals surface area contributed by atoms with Crippen LogP contribution in [-0.2, 0) is 57.2 Å². The van der Waals surface area contributed by atoms with Gasteiger partial charge in [-0.3, -0.25) is 0 Å². The van der Waals surface area contributed by atoms with Crippen molar-refractivity contribution in [2.75, 3.05) is 148 Å². The minimum atomic E-state index is -6.72. The fourth-order valence-corrected chi connectivity index (χ4v) is 23.0. The maximum Gasteiger partial charge on any atom is 0.435 e. The SMILES string of the molecule is [2H]COCCCOc1ccc2c(c1)CCC1C2CC[C@@]2(C)C1CC[C@@H]2N(C)CCCOC(C(F)(F)F)(C(F)(F)F)C(F)(F)F.[2H]COCCCOc1ccc2c(c1)CCC1C2CC[C@@]2(C)C1CC[C@@H]2OCCN(C)CCOC(C)(C(F)(F)F)C(F)(F)F.[2H]COCCCOc1ccc2c(c1)CCC1C2CC[C@@]2(C)C1CC[C@@H]2OCCN(C)CCOC(C)(C(F)(F)F)C(F)(F)F. The van der Waals surface area contributed by atoms with Gasteiger partial charge in [0, 0.05) is 106 Å². The molecule has 6 fully saturated rings. The van der Waals surface area contributed by atoms with Crippen LogP contribution in [0, 0.1) is 51.8 Å². The Kier molecular flexibility index (Phi) is 33.2. The highest BCUT2D eigenvalue weighted by Crippen LogP contribution is 2.66. The smallest absolute Gasteiger partial charge is 0.435 e. The Labute approximate surface area is 737 Å². The highest BCUT2D eigenvalue weighted by Gasteiger charge is 2.85. The van der Waals surface area contributed by atoms with Gasteiger partial charge in [-0.05, 0) is 296 Å². The van der Waals surface area contributed by atoms with Gasteiger partial charge in [0.1, 0.15) is 17.2 Å². The third-order valence-electron chi connectivity index (χ3n) is 30.2. The molecule has 0 saturated heterocycles. The Morgan fingerprint density at radius 1 is 0.346 bits per heavy atom. The minimum Gasteiger partial charge on any atom is -0.493 e. The number of ether oxygens (including phenoxy) is 11. The lowest BCUT2D eigenvalue weighted by Gasteiger charge is -2.52. The monoisotopic (exact) mass is 1850 g/mol. The molecule has 15 atom stereocenters. The molecule has 9 aliphatic rings. The van der Waals surface area contributed by atoms with Gasteiger partial charge in [0.2, 0.25) is 0 Å². The molecule has 9 unspecified atom stereocenters. The number of benzene rings is 3. The normalized spacial score (nSPS) is 28.3. The predicted octanol–water partition coefficient (Wildman–Crippen LogP) is 22.4. The van der Waals surface area contributed by atoms with E-state index in [0.717, 1.165) is 146 Å². The first-order valence-electron chi connectivity index (χ1n) is 46.6. The van der Waals surface area contributed by atoms with Crippen LogP contribution in [-0.4, -0.2) is 241 Å². The third kappa shape index (κ3) is 23.1. The molecule has 726 valence electrons. The summed E-state index contributed by atoms with van der Waals surface area (Å²) in [6.07, 6.45) is -22.3. The molecular formula is C92H130F21N3O11. The van der Waals surface area contributed by atoms with Crippen LogP contribution in [0.25, 0.3) is 0 Å². The maximum atomic E-state index is 13.2. The molecule has 0 heterocycles. The molecule has 0 N–H and O–H groups in total. The number of hydrogen-bond donors (Lipinski definition) is 0. The van der Waals surface area contributed by atoms with Gasteiger partial charge < -0.3 is 66.8 Å². The lowest BCUT2D eigenvalue weighted by molar-refractivity contribution is -0.457. The molecule has 127 heavy (non-hydrogen) atoms. The summed E-state index contributed by atoms with van der Waals surface area (Å²) in [4.78, 5) is 5.15. The summed E-state index contributed by atoms with van der Waals surface area (Å²) in [5.41, 5.74) is -6.46. The Balaban J connectivity index is 0.000000203. The summed E-state index contributed by atoms with van der Waals surface area (Å²) in [5.74, 6) is 7.06. The van der Waals surface area contributed by atoms with E-state index in [1.165, 1.54) is 33.4 Å². The second kappa shape index (κ2) is 42.4. The van der Waals surface area contributed by atoms with Crippen molar-refractivity contribution in [3.63, 3.8) is 0 Å². The van der Waals surface area contributed by atoms with Crippen molar-refractivity contribution >= 4 is 0 Å². The Hall–Kier alpha value is -4.85. The van der Waals surface area contributed by atoms with E-state index in [0.29, 0.717) is 126 Å². The Morgan fingerprint density at radius 3 is 1.00 bits per heavy atom. The summed E-state index contributed by atoms with van der Waals surface area (Å²) in [7, 11) is 4.87. The number of aryl methyl sites for hydroxylation is 3. The van der Waals surface area contributed by atoms with Crippen LogP contribution in [0.5, 0.6) is 17.2 Å². The highest BCUT2D eigenvalue weighted by atomic mass is 19.4. The minimum absolute atomic E-state index is 0.00209. The van der Waals surface area contributed by atoms with Crippen LogP contribution in [0.4, 0.5) is 92.2 Å².